The van der Waals surface area contributed by atoms with Crippen LogP contribution in [0.4, 0.5) is 0 Å². The first kappa shape index (κ1) is 17.4. The average Bonchev–Trinajstić information content (AvgIpc) is 3.08. The molecule has 8 nitrogen and oxygen atoms in total. The van der Waals surface area contributed by atoms with Gasteiger partial charge in [0.25, 0.3) is 0 Å². The number of aromatic hydroxyl groups is 2. The van der Waals surface area contributed by atoms with Crippen LogP contribution >= 0.6 is 0 Å². The van der Waals surface area contributed by atoms with Gasteiger partial charge < -0.3 is 15.3 Å². The summed E-state index contributed by atoms with van der Waals surface area (Å²) in [4.78, 5) is 11.2. The van der Waals surface area contributed by atoms with Gasteiger partial charge in [-0.15, -0.1) is 5.10 Å². The highest BCUT2D eigenvalue weighted by Crippen LogP contribution is 2.39. The Morgan fingerprint density at radius 3 is 2.62 bits per heavy atom. The minimum absolute atomic E-state index is 0.101. The first-order valence-corrected chi connectivity index (χ1v) is 8.17. The molecular weight excluding hydrogens is 336 g/mol. The van der Waals surface area contributed by atoms with Crippen LogP contribution in [-0.2, 0) is 6.54 Å². The summed E-state index contributed by atoms with van der Waals surface area (Å²) in [5.41, 5.74) is 1.35. The molecule has 0 saturated carbocycles. The zero-order chi connectivity index (χ0) is 18.7. The normalized spacial score (nSPS) is 10.8. The first-order chi connectivity index (χ1) is 12.5. The van der Waals surface area contributed by atoms with E-state index in [4.69, 9.17) is 5.11 Å². The predicted molar refractivity (Wildman–Crippen MR) is 93.9 cm³/mol. The monoisotopic (exact) mass is 354 g/mol. The van der Waals surface area contributed by atoms with Gasteiger partial charge in [-0.1, -0.05) is 25.5 Å². The smallest absolute Gasteiger partial charge is 0.335 e. The Labute approximate surface area is 149 Å². The minimum Gasteiger partial charge on any atom is -0.507 e. The molecule has 0 radical (unpaired) electrons. The van der Waals surface area contributed by atoms with Crippen LogP contribution in [0.1, 0.15) is 30.1 Å². The van der Waals surface area contributed by atoms with Crippen molar-refractivity contribution >= 4 is 5.97 Å². The Kier molecular flexibility index (Phi) is 4.83. The molecule has 1 aromatic heterocycles. The van der Waals surface area contributed by atoms with Crippen molar-refractivity contribution < 1.29 is 20.1 Å². The van der Waals surface area contributed by atoms with Gasteiger partial charge in [0.2, 0.25) is 0 Å². The van der Waals surface area contributed by atoms with Crippen molar-refractivity contribution in [2.75, 3.05) is 0 Å². The van der Waals surface area contributed by atoms with Crippen LogP contribution in [0.15, 0.2) is 36.4 Å². The van der Waals surface area contributed by atoms with Crippen LogP contribution in [0, 0.1) is 0 Å². The molecule has 0 fully saturated rings. The predicted octanol–water partition coefficient (Wildman–Crippen LogP) is 2.92. The molecule has 3 rings (SSSR count). The van der Waals surface area contributed by atoms with Gasteiger partial charge >= 0.3 is 5.97 Å². The number of carboxylic acid groups (broad SMARTS) is 1. The van der Waals surface area contributed by atoms with Gasteiger partial charge in [0.1, 0.15) is 11.5 Å². The standard InChI is InChI=1S/C18H18N4O4/c1-2-3-7-22-17(19-20-21-22)14-9-13(15(23)10-16(14)24)11-5-4-6-12(8-11)18(25)26/h4-6,8-10,23-24H,2-3,7H2,1H3,(H,25,26). The zero-order valence-electron chi connectivity index (χ0n) is 14.1. The maximum Gasteiger partial charge on any atom is 0.335 e. The summed E-state index contributed by atoms with van der Waals surface area (Å²) in [7, 11) is 0. The van der Waals surface area contributed by atoms with Crippen molar-refractivity contribution in [2.24, 2.45) is 0 Å². The number of hydrogen-bond acceptors (Lipinski definition) is 6. The highest BCUT2D eigenvalue weighted by molar-refractivity contribution is 5.90. The summed E-state index contributed by atoms with van der Waals surface area (Å²) in [5, 5.41) is 41.2. The fourth-order valence-corrected chi connectivity index (χ4v) is 2.66. The molecule has 26 heavy (non-hydrogen) atoms. The number of carboxylic acids is 1. The second-order valence-corrected chi connectivity index (χ2v) is 5.85. The van der Waals surface area contributed by atoms with Gasteiger partial charge in [0.15, 0.2) is 5.82 Å². The van der Waals surface area contributed by atoms with E-state index in [1.54, 1.807) is 22.9 Å². The number of aryl methyl sites for hydroxylation is 1. The van der Waals surface area contributed by atoms with Gasteiger partial charge in [-0.3, -0.25) is 0 Å². The quantitative estimate of drug-likeness (QED) is 0.622. The van der Waals surface area contributed by atoms with E-state index in [-0.39, 0.29) is 17.1 Å². The van der Waals surface area contributed by atoms with E-state index in [0.29, 0.717) is 29.1 Å². The highest BCUT2D eigenvalue weighted by Gasteiger charge is 2.18. The van der Waals surface area contributed by atoms with Gasteiger partial charge in [0, 0.05) is 18.2 Å². The summed E-state index contributed by atoms with van der Waals surface area (Å²) in [6.07, 6.45) is 1.85. The van der Waals surface area contributed by atoms with Gasteiger partial charge in [-0.25, -0.2) is 9.48 Å². The number of phenols is 2. The Hall–Kier alpha value is -3.42. The summed E-state index contributed by atoms with van der Waals surface area (Å²) in [5.74, 6) is -1.00. The number of aromatic nitrogens is 4. The first-order valence-electron chi connectivity index (χ1n) is 8.17. The lowest BCUT2D eigenvalue weighted by atomic mass is 9.99. The second kappa shape index (κ2) is 7.22. The third kappa shape index (κ3) is 3.34. The number of carbonyl (C=O) groups is 1. The maximum atomic E-state index is 11.2. The number of hydrogen-bond donors (Lipinski definition) is 3. The molecule has 8 heteroatoms. The molecule has 0 saturated heterocycles. The Morgan fingerprint density at radius 2 is 1.88 bits per heavy atom. The molecule has 0 atom stereocenters. The number of aromatic carboxylic acids is 1. The molecule has 0 aliphatic carbocycles. The Bertz CT molecular complexity index is 952. The Morgan fingerprint density at radius 1 is 1.12 bits per heavy atom. The van der Waals surface area contributed by atoms with Crippen LogP contribution < -0.4 is 0 Å². The molecule has 0 bridgehead atoms. The summed E-state index contributed by atoms with van der Waals surface area (Å²) >= 11 is 0. The minimum atomic E-state index is -1.06. The van der Waals surface area contributed by atoms with Crippen LogP contribution in [-0.4, -0.2) is 41.5 Å². The highest BCUT2D eigenvalue weighted by atomic mass is 16.4. The SMILES string of the molecule is CCCCn1nnnc1-c1cc(-c2cccc(C(=O)O)c2)c(O)cc1O. The van der Waals surface area contributed by atoms with Crippen molar-refractivity contribution in [3.05, 3.63) is 42.0 Å². The number of tetrazole rings is 1. The summed E-state index contributed by atoms with van der Waals surface area (Å²) < 4.78 is 1.59. The lowest BCUT2D eigenvalue weighted by Gasteiger charge is -2.11. The molecule has 0 unspecified atom stereocenters. The summed E-state index contributed by atoms with van der Waals surface area (Å²) in [6.45, 7) is 2.65. The van der Waals surface area contributed by atoms with E-state index in [2.05, 4.69) is 22.4 Å². The maximum absolute atomic E-state index is 11.2. The molecule has 1 heterocycles. The van der Waals surface area contributed by atoms with E-state index >= 15 is 0 Å². The van der Waals surface area contributed by atoms with Crippen molar-refractivity contribution in [3.8, 4) is 34.0 Å². The molecule has 0 spiro atoms. The van der Waals surface area contributed by atoms with E-state index in [9.17, 15) is 15.0 Å². The van der Waals surface area contributed by atoms with Crippen LogP contribution in [0.2, 0.25) is 0 Å². The third-order valence-electron chi connectivity index (χ3n) is 4.03. The lowest BCUT2D eigenvalue weighted by molar-refractivity contribution is 0.0697. The van der Waals surface area contributed by atoms with Crippen molar-refractivity contribution in [3.63, 3.8) is 0 Å². The fraction of sp³-hybridized carbons (Fsp3) is 0.222. The van der Waals surface area contributed by atoms with Crippen molar-refractivity contribution in [2.45, 2.75) is 26.3 Å². The van der Waals surface area contributed by atoms with Gasteiger partial charge in [-0.05, 0) is 40.6 Å². The molecule has 3 aromatic rings. The lowest BCUT2D eigenvalue weighted by Crippen LogP contribution is -2.03. The number of rotatable bonds is 6. The van der Waals surface area contributed by atoms with Gasteiger partial charge in [0.05, 0.1) is 11.1 Å². The number of nitrogens with zero attached hydrogens (tertiary/aromatic N) is 4. The fourth-order valence-electron chi connectivity index (χ4n) is 2.66. The van der Waals surface area contributed by atoms with E-state index < -0.39 is 5.97 Å². The third-order valence-corrected chi connectivity index (χ3v) is 4.03. The largest absolute Gasteiger partial charge is 0.507 e. The topological polar surface area (TPSA) is 121 Å². The van der Waals surface area contributed by atoms with E-state index in [0.717, 1.165) is 12.8 Å². The van der Waals surface area contributed by atoms with Gasteiger partial charge in [-0.2, -0.15) is 0 Å². The molecule has 0 amide bonds. The molecule has 0 aliphatic rings. The molecular formula is C18H18N4O4. The van der Waals surface area contributed by atoms with Crippen LogP contribution in [0.3, 0.4) is 0 Å². The van der Waals surface area contributed by atoms with E-state index in [1.165, 1.54) is 18.2 Å². The molecule has 2 aromatic carbocycles. The molecule has 3 N–H and O–H groups in total. The molecule has 0 aliphatic heterocycles. The van der Waals surface area contributed by atoms with E-state index in [1.807, 2.05) is 0 Å². The van der Waals surface area contributed by atoms with Crippen LogP contribution in [0.5, 0.6) is 11.5 Å². The second-order valence-electron chi connectivity index (χ2n) is 5.85. The number of unbranched alkanes of at least 4 members (excludes halogenated alkanes) is 1. The summed E-state index contributed by atoms with van der Waals surface area (Å²) in [6, 6.07) is 8.96. The van der Waals surface area contributed by atoms with Crippen molar-refractivity contribution in [1.29, 1.82) is 0 Å². The Balaban J connectivity index is 2.10. The number of benzene rings is 2. The zero-order valence-corrected chi connectivity index (χ0v) is 14.1. The van der Waals surface area contributed by atoms with Crippen molar-refractivity contribution in [1.82, 2.24) is 20.2 Å². The molecule has 134 valence electrons. The number of phenolic OH excluding ortho intramolecular Hbond substituents is 2. The van der Waals surface area contributed by atoms with Crippen LogP contribution in [0.25, 0.3) is 22.5 Å². The average molecular weight is 354 g/mol.